The second-order valence-electron chi connectivity index (χ2n) is 8.35. The summed E-state index contributed by atoms with van der Waals surface area (Å²) in [5.41, 5.74) is -0.341. The van der Waals surface area contributed by atoms with Crippen molar-refractivity contribution in [1.82, 2.24) is 20.4 Å². The Kier molecular flexibility index (Phi) is 7.54. The molecule has 0 radical (unpaired) electrons. The van der Waals surface area contributed by atoms with E-state index in [0.29, 0.717) is 13.1 Å². The quantitative estimate of drug-likeness (QED) is 0.433. The molecule has 0 spiro atoms. The Bertz CT molecular complexity index is 451. The average molecular weight is 352 g/mol. The first kappa shape index (κ1) is 20.0. The van der Waals surface area contributed by atoms with Crippen LogP contribution in [-0.4, -0.2) is 74.0 Å². The lowest BCUT2D eigenvalue weighted by Gasteiger charge is -2.23. The van der Waals surface area contributed by atoms with Gasteiger partial charge < -0.3 is 20.4 Å². The Balaban J connectivity index is 1.78. The molecule has 2 heterocycles. The molecule has 1 atom stereocenters. The van der Waals surface area contributed by atoms with E-state index in [4.69, 9.17) is 4.99 Å². The third kappa shape index (κ3) is 6.49. The third-order valence-electron chi connectivity index (χ3n) is 4.98. The van der Waals surface area contributed by atoms with Crippen LogP contribution in [0.2, 0.25) is 0 Å². The Morgan fingerprint density at radius 3 is 2.52 bits per heavy atom. The van der Waals surface area contributed by atoms with Gasteiger partial charge in [-0.3, -0.25) is 9.79 Å². The maximum atomic E-state index is 11.9. The highest BCUT2D eigenvalue weighted by Gasteiger charge is 2.27. The van der Waals surface area contributed by atoms with Gasteiger partial charge in [-0.2, -0.15) is 0 Å². The molecule has 2 saturated heterocycles. The standard InChI is InChI=1S/C19H37N5O/c1-5-20-18(22-10-9-21-17(25)19(2,3)4)24-13-8-16(15-24)14-23-11-6-7-12-23/h16H,5-15H2,1-4H3,(H,20,22)(H,21,25). The Hall–Kier alpha value is -1.30. The summed E-state index contributed by atoms with van der Waals surface area (Å²) in [7, 11) is 0. The molecule has 2 rings (SSSR count). The predicted octanol–water partition coefficient (Wildman–Crippen LogP) is 1.53. The molecule has 2 aliphatic rings. The van der Waals surface area contributed by atoms with E-state index in [2.05, 4.69) is 27.4 Å². The molecule has 1 amide bonds. The number of aliphatic imine (C=N–C) groups is 1. The highest BCUT2D eigenvalue weighted by atomic mass is 16.2. The molecule has 0 bridgehead atoms. The van der Waals surface area contributed by atoms with E-state index in [0.717, 1.165) is 31.5 Å². The van der Waals surface area contributed by atoms with Crippen LogP contribution in [0.1, 0.15) is 47.0 Å². The molecule has 2 N–H and O–H groups in total. The van der Waals surface area contributed by atoms with Crippen LogP contribution in [0.5, 0.6) is 0 Å². The second kappa shape index (κ2) is 9.41. The second-order valence-corrected chi connectivity index (χ2v) is 8.35. The van der Waals surface area contributed by atoms with Crippen LogP contribution >= 0.6 is 0 Å². The smallest absolute Gasteiger partial charge is 0.225 e. The van der Waals surface area contributed by atoms with E-state index in [1.54, 1.807) is 0 Å². The zero-order chi connectivity index (χ0) is 18.3. The van der Waals surface area contributed by atoms with E-state index >= 15 is 0 Å². The van der Waals surface area contributed by atoms with Crippen molar-refractivity contribution in [3.05, 3.63) is 0 Å². The highest BCUT2D eigenvalue weighted by Crippen LogP contribution is 2.20. The lowest BCUT2D eigenvalue weighted by Crippen LogP contribution is -2.41. The summed E-state index contributed by atoms with van der Waals surface area (Å²) in [6, 6.07) is 0. The van der Waals surface area contributed by atoms with E-state index in [1.165, 1.54) is 38.9 Å². The van der Waals surface area contributed by atoms with Gasteiger partial charge in [0.05, 0.1) is 6.54 Å². The van der Waals surface area contributed by atoms with E-state index in [1.807, 2.05) is 20.8 Å². The molecule has 25 heavy (non-hydrogen) atoms. The summed E-state index contributed by atoms with van der Waals surface area (Å²) in [5, 5.41) is 6.38. The predicted molar refractivity (Wildman–Crippen MR) is 104 cm³/mol. The number of guanidine groups is 1. The topological polar surface area (TPSA) is 60.0 Å². The number of carbonyl (C=O) groups is 1. The zero-order valence-electron chi connectivity index (χ0n) is 16.6. The molecule has 1 unspecified atom stereocenters. The van der Waals surface area contributed by atoms with Crippen LogP contribution in [0.15, 0.2) is 4.99 Å². The summed E-state index contributed by atoms with van der Waals surface area (Å²) in [6.45, 7) is 16.0. The minimum absolute atomic E-state index is 0.0829. The molecule has 0 aromatic rings. The fourth-order valence-corrected chi connectivity index (χ4v) is 3.53. The molecule has 0 aromatic heterocycles. The zero-order valence-corrected chi connectivity index (χ0v) is 16.6. The van der Waals surface area contributed by atoms with Gasteiger partial charge in [0, 0.05) is 38.1 Å². The number of rotatable bonds is 6. The van der Waals surface area contributed by atoms with Crippen molar-refractivity contribution >= 4 is 11.9 Å². The van der Waals surface area contributed by atoms with Crippen molar-refractivity contribution in [2.24, 2.45) is 16.3 Å². The molecular weight excluding hydrogens is 314 g/mol. The SMILES string of the molecule is CCNC(=NCCNC(=O)C(C)(C)C)N1CCC(CN2CCCC2)C1. The first-order chi connectivity index (χ1) is 11.9. The third-order valence-corrected chi connectivity index (χ3v) is 4.98. The van der Waals surface area contributed by atoms with Crippen molar-refractivity contribution in [2.75, 3.05) is 52.4 Å². The van der Waals surface area contributed by atoms with Gasteiger partial charge in [0.2, 0.25) is 5.91 Å². The molecule has 2 aliphatic heterocycles. The first-order valence-electron chi connectivity index (χ1n) is 9.94. The van der Waals surface area contributed by atoms with Crippen molar-refractivity contribution in [3.8, 4) is 0 Å². The average Bonchev–Trinajstić information content (AvgIpc) is 3.21. The highest BCUT2D eigenvalue weighted by molar-refractivity contribution is 5.81. The van der Waals surface area contributed by atoms with Crippen molar-refractivity contribution in [3.63, 3.8) is 0 Å². The molecule has 2 fully saturated rings. The minimum atomic E-state index is -0.341. The van der Waals surface area contributed by atoms with Gasteiger partial charge in [-0.25, -0.2) is 0 Å². The molecule has 144 valence electrons. The summed E-state index contributed by atoms with van der Waals surface area (Å²) >= 11 is 0. The van der Waals surface area contributed by atoms with Crippen LogP contribution in [0.25, 0.3) is 0 Å². The van der Waals surface area contributed by atoms with Gasteiger partial charge in [0.25, 0.3) is 0 Å². The number of carbonyl (C=O) groups excluding carboxylic acids is 1. The normalized spacial score (nSPS) is 22.5. The van der Waals surface area contributed by atoms with Gasteiger partial charge >= 0.3 is 0 Å². The van der Waals surface area contributed by atoms with Crippen LogP contribution in [0, 0.1) is 11.3 Å². The number of hydrogen-bond acceptors (Lipinski definition) is 3. The lowest BCUT2D eigenvalue weighted by molar-refractivity contribution is -0.128. The Labute approximate surface area is 153 Å². The van der Waals surface area contributed by atoms with Gasteiger partial charge in [0.1, 0.15) is 0 Å². The van der Waals surface area contributed by atoms with Gasteiger partial charge in [-0.15, -0.1) is 0 Å². The van der Waals surface area contributed by atoms with Crippen LogP contribution in [-0.2, 0) is 4.79 Å². The van der Waals surface area contributed by atoms with E-state index in [9.17, 15) is 4.79 Å². The first-order valence-corrected chi connectivity index (χ1v) is 9.94. The van der Waals surface area contributed by atoms with Crippen LogP contribution < -0.4 is 10.6 Å². The number of nitrogens with one attached hydrogen (secondary N) is 2. The lowest BCUT2D eigenvalue weighted by atomic mass is 9.96. The maximum absolute atomic E-state index is 11.9. The summed E-state index contributed by atoms with van der Waals surface area (Å²) in [4.78, 5) is 21.6. The van der Waals surface area contributed by atoms with E-state index in [-0.39, 0.29) is 11.3 Å². The van der Waals surface area contributed by atoms with Crippen molar-refractivity contribution in [2.45, 2.75) is 47.0 Å². The molecular formula is C19H37N5O. The summed E-state index contributed by atoms with van der Waals surface area (Å²) in [6.07, 6.45) is 3.98. The number of nitrogens with zero attached hydrogens (tertiary/aromatic N) is 3. The molecule has 0 saturated carbocycles. The van der Waals surface area contributed by atoms with Gasteiger partial charge in [0.15, 0.2) is 5.96 Å². The molecule has 0 aliphatic carbocycles. The maximum Gasteiger partial charge on any atom is 0.225 e. The molecule has 0 aromatic carbocycles. The summed E-state index contributed by atoms with van der Waals surface area (Å²) in [5.74, 6) is 1.83. The number of likely N-dealkylation sites (tertiary alicyclic amines) is 2. The van der Waals surface area contributed by atoms with Gasteiger partial charge in [-0.1, -0.05) is 20.8 Å². The van der Waals surface area contributed by atoms with Gasteiger partial charge in [-0.05, 0) is 45.2 Å². The Morgan fingerprint density at radius 1 is 1.16 bits per heavy atom. The Morgan fingerprint density at radius 2 is 1.88 bits per heavy atom. The monoisotopic (exact) mass is 351 g/mol. The summed E-state index contributed by atoms with van der Waals surface area (Å²) < 4.78 is 0. The van der Waals surface area contributed by atoms with Crippen LogP contribution in [0.3, 0.4) is 0 Å². The molecule has 6 heteroatoms. The molecule has 6 nitrogen and oxygen atoms in total. The fourth-order valence-electron chi connectivity index (χ4n) is 3.53. The van der Waals surface area contributed by atoms with Crippen molar-refractivity contribution < 1.29 is 4.79 Å². The van der Waals surface area contributed by atoms with Crippen LogP contribution in [0.4, 0.5) is 0 Å². The van der Waals surface area contributed by atoms with E-state index < -0.39 is 0 Å². The number of amides is 1. The minimum Gasteiger partial charge on any atom is -0.357 e. The van der Waals surface area contributed by atoms with Crippen molar-refractivity contribution in [1.29, 1.82) is 0 Å². The largest absolute Gasteiger partial charge is 0.357 e. The fraction of sp³-hybridized carbons (Fsp3) is 0.895. The number of hydrogen-bond donors (Lipinski definition) is 2.